The van der Waals surface area contributed by atoms with E-state index >= 15 is 0 Å². The highest BCUT2D eigenvalue weighted by Crippen LogP contribution is 2.31. The SMILES string of the molecule is CC(C)(COC(=O)C(C)(C)C)COS(=O)(=O)ON1C(=O)N2C[C@H]1CC[C@H]2CN. The summed E-state index contributed by atoms with van der Waals surface area (Å²) < 4.78 is 39.6. The summed E-state index contributed by atoms with van der Waals surface area (Å²) in [6, 6.07) is -0.990. The van der Waals surface area contributed by atoms with Crippen LogP contribution in [-0.4, -0.2) is 68.8 Å². The summed E-state index contributed by atoms with van der Waals surface area (Å²) in [5.41, 5.74) is 4.24. The average molecular weight is 422 g/mol. The normalized spacial score (nSPS) is 23.3. The summed E-state index contributed by atoms with van der Waals surface area (Å²) >= 11 is 0. The second-order valence-electron chi connectivity index (χ2n) is 9.12. The van der Waals surface area contributed by atoms with Gasteiger partial charge in [0.2, 0.25) is 0 Å². The Kier molecular flexibility index (Phi) is 6.64. The van der Waals surface area contributed by atoms with Crippen LogP contribution in [-0.2, 0) is 28.4 Å². The average Bonchev–Trinajstić information content (AvgIpc) is 2.82. The van der Waals surface area contributed by atoms with E-state index in [1.54, 1.807) is 34.6 Å². The monoisotopic (exact) mass is 421 g/mol. The molecule has 2 heterocycles. The number of hydrogen-bond donors (Lipinski definition) is 1. The Labute approximate surface area is 166 Å². The van der Waals surface area contributed by atoms with Gasteiger partial charge < -0.3 is 15.4 Å². The fraction of sp³-hybridized carbons (Fsp3) is 0.882. The summed E-state index contributed by atoms with van der Waals surface area (Å²) in [6.45, 7) is 8.99. The van der Waals surface area contributed by atoms with Gasteiger partial charge in [-0.05, 0) is 33.6 Å². The topological polar surface area (TPSA) is 128 Å². The summed E-state index contributed by atoms with van der Waals surface area (Å²) in [7, 11) is -4.45. The van der Waals surface area contributed by atoms with Gasteiger partial charge in [-0.1, -0.05) is 13.8 Å². The van der Waals surface area contributed by atoms with Crippen molar-refractivity contribution in [3.05, 3.63) is 0 Å². The lowest BCUT2D eigenvalue weighted by molar-refractivity contribution is -0.156. The zero-order valence-corrected chi connectivity index (χ0v) is 18.0. The Hall–Kier alpha value is -1.43. The van der Waals surface area contributed by atoms with Crippen LogP contribution in [0.2, 0.25) is 0 Å². The molecule has 2 N–H and O–H groups in total. The summed E-state index contributed by atoms with van der Waals surface area (Å²) in [5.74, 6) is -0.391. The third-order valence-electron chi connectivity index (χ3n) is 4.69. The van der Waals surface area contributed by atoms with E-state index in [-0.39, 0.29) is 25.3 Å². The van der Waals surface area contributed by atoms with Crippen molar-refractivity contribution < 1.29 is 31.2 Å². The first-order valence-corrected chi connectivity index (χ1v) is 10.7. The molecular formula is C17H31N3O7S. The fourth-order valence-corrected chi connectivity index (χ4v) is 3.81. The fourth-order valence-electron chi connectivity index (χ4n) is 2.92. The molecule has 2 fully saturated rings. The standard InChI is InChI=1S/C17H31N3O7S/c1-16(2,3)14(21)25-10-17(4,5)11-26-28(23,24)27-20-13-7-6-12(8-18)19(9-13)15(20)22/h12-13H,6-11,18H2,1-5H3/t12-,13+/m0/s1. The minimum atomic E-state index is -4.45. The third kappa shape index (κ3) is 5.56. The number of ether oxygens (including phenoxy) is 1. The Balaban J connectivity index is 1.90. The number of nitrogens with zero attached hydrogens (tertiary/aromatic N) is 2. The van der Waals surface area contributed by atoms with Crippen LogP contribution in [0, 0.1) is 10.8 Å². The van der Waals surface area contributed by atoms with Gasteiger partial charge in [-0.2, -0.15) is 13.5 Å². The first kappa shape index (κ1) is 22.9. The molecule has 162 valence electrons. The Bertz CT molecular complexity index is 702. The van der Waals surface area contributed by atoms with Crippen LogP contribution in [0.5, 0.6) is 0 Å². The zero-order chi connectivity index (χ0) is 21.3. The van der Waals surface area contributed by atoms with Crippen molar-refractivity contribution in [1.82, 2.24) is 9.96 Å². The number of hydrogen-bond acceptors (Lipinski definition) is 8. The predicted molar refractivity (Wildman–Crippen MR) is 100.0 cm³/mol. The maximum Gasteiger partial charge on any atom is 0.421 e. The van der Waals surface area contributed by atoms with Gasteiger partial charge in [0.05, 0.1) is 24.7 Å². The second-order valence-corrected chi connectivity index (χ2v) is 10.3. The molecule has 11 heteroatoms. The van der Waals surface area contributed by atoms with Crippen LogP contribution in [0.4, 0.5) is 4.79 Å². The number of carbonyl (C=O) groups excluding carboxylic acids is 2. The van der Waals surface area contributed by atoms with Gasteiger partial charge in [0.15, 0.2) is 0 Å². The molecule has 2 atom stereocenters. The molecule has 2 amide bonds. The second kappa shape index (κ2) is 8.13. The summed E-state index contributed by atoms with van der Waals surface area (Å²) in [5, 5.41) is 0.859. The third-order valence-corrected chi connectivity index (χ3v) is 5.44. The van der Waals surface area contributed by atoms with Crippen LogP contribution in [0.1, 0.15) is 47.5 Å². The maximum absolute atomic E-state index is 12.4. The van der Waals surface area contributed by atoms with Crippen LogP contribution in [0.25, 0.3) is 0 Å². The van der Waals surface area contributed by atoms with Crippen molar-refractivity contribution in [1.29, 1.82) is 0 Å². The lowest BCUT2D eigenvalue weighted by Crippen LogP contribution is -2.44. The molecule has 0 spiro atoms. The molecule has 0 saturated carbocycles. The van der Waals surface area contributed by atoms with Gasteiger partial charge >= 0.3 is 22.4 Å². The minimum absolute atomic E-state index is 0.0180. The van der Waals surface area contributed by atoms with Crippen LogP contribution >= 0.6 is 0 Å². The van der Waals surface area contributed by atoms with E-state index in [1.807, 2.05) is 0 Å². The Morgan fingerprint density at radius 1 is 1.18 bits per heavy atom. The first-order valence-electron chi connectivity index (χ1n) is 9.32. The number of fused-ring (bicyclic) bond motifs is 2. The quantitative estimate of drug-likeness (QED) is 0.575. The largest absolute Gasteiger partial charge is 0.465 e. The van der Waals surface area contributed by atoms with Crippen molar-refractivity contribution >= 4 is 22.4 Å². The molecule has 2 bridgehead atoms. The highest BCUT2D eigenvalue weighted by Gasteiger charge is 2.47. The molecule has 0 aliphatic carbocycles. The highest BCUT2D eigenvalue weighted by molar-refractivity contribution is 7.81. The van der Waals surface area contributed by atoms with Gasteiger partial charge in [-0.25, -0.2) is 8.98 Å². The lowest BCUT2D eigenvalue weighted by Gasteiger charge is -2.29. The van der Waals surface area contributed by atoms with E-state index in [2.05, 4.69) is 0 Å². The molecule has 2 aliphatic rings. The number of esters is 1. The minimum Gasteiger partial charge on any atom is -0.465 e. The summed E-state index contributed by atoms with van der Waals surface area (Å²) in [4.78, 5) is 25.8. The smallest absolute Gasteiger partial charge is 0.421 e. The number of piperidine rings is 1. The maximum atomic E-state index is 12.4. The molecule has 0 aromatic rings. The molecule has 28 heavy (non-hydrogen) atoms. The number of amides is 2. The molecule has 2 rings (SSSR count). The van der Waals surface area contributed by atoms with E-state index in [4.69, 9.17) is 18.9 Å². The number of rotatable bonds is 8. The van der Waals surface area contributed by atoms with Gasteiger partial charge in [0.25, 0.3) is 0 Å². The molecule has 10 nitrogen and oxygen atoms in total. The van der Waals surface area contributed by atoms with Crippen LogP contribution in [0.15, 0.2) is 0 Å². The molecular weight excluding hydrogens is 390 g/mol. The molecule has 2 aliphatic heterocycles. The molecule has 2 saturated heterocycles. The predicted octanol–water partition coefficient (Wildman–Crippen LogP) is 1.02. The molecule has 0 unspecified atom stereocenters. The van der Waals surface area contributed by atoms with E-state index in [0.717, 1.165) is 5.06 Å². The number of nitrogens with two attached hydrogens (primary N) is 1. The van der Waals surface area contributed by atoms with Crippen molar-refractivity contribution in [2.75, 3.05) is 26.3 Å². The van der Waals surface area contributed by atoms with E-state index in [9.17, 15) is 18.0 Å². The Morgan fingerprint density at radius 2 is 1.82 bits per heavy atom. The van der Waals surface area contributed by atoms with E-state index < -0.39 is 33.2 Å². The van der Waals surface area contributed by atoms with Crippen molar-refractivity contribution in [3.8, 4) is 0 Å². The highest BCUT2D eigenvalue weighted by atomic mass is 32.3. The van der Waals surface area contributed by atoms with Crippen molar-refractivity contribution in [2.24, 2.45) is 16.6 Å². The van der Waals surface area contributed by atoms with Gasteiger partial charge in [0.1, 0.15) is 0 Å². The molecule has 0 aromatic carbocycles. The number of carbonyl (C=O) groups is 2. The van der Waals surface area contributed by atoms with Crippen LogP contribution < -0.4 is 5.73 Å². The summed E-state index contributed by atoms with van der Waals surface area (Å²) in [6.07, 6.45) is 1.30. The number of urea groups is 1. The Morgan fingerprint density at radius 3 is 2.39 bits per heavy atom. The van der Waals surface area contributed by atoms with Gasteiger partial charge in [-0.3, -0.25) is 4.79 Å². The molecule has 0 aromatic heterocycles. The van der Waals surface area contributed by atoms with E-state index in [0.29, 0.717) is 25.9 Å². The van der Waals surface area contributed by atoms with Gasteiger partial charge in [-0.15, -0.1) is 4.28 Å². The van der Waals surface area contributed by atoms with Gasteiger partial charge in [0, 0.05) is 24.5 Å². The van der Waals surface area contributed by atoms with E-state index in [1.165, 1.54) is 4.90 Å². The molecule has 0 radical (unpaired) electrons. The first-order chi connectivity index (χ1) is 12.8. The van der Waals surface area contributed by atoms with Crippen molar-refractivity contribution in [3.63, 3.8) is 0 Å². The van der Waals surface area contributed by atoms with Crippen molar-refractivity contribution in [2.45, 2.75) is 59.5 Å². The van der Waals surface area contributed by atoms with Crippen LogP contribution in [0.3, 0.4) is 0 Å². The zero-order valence-electron chi connectivity index (χ0n) is 17.1. The number of hydroxylamine groups is 2. The lowest BCUT2D eigenvalue weighted by atomic mass is 9.95.